The maximum absolute atomic E-state index is 12.7. The Morgan fingerprint density at radius 2 is 1.81 bits per heavy atom. The van der Waals surface area contributed by atoms with Gasteiger partial charge in [-0.3, -0.25) is 9.69 Å². The lowest BCUT2D eigenvalue weighted by atomic mass is 9.83. The highest BCUT2D eigenvalue weighted by molar-refractivity contribution is 5.86. The smallest absolute Gasteiger partial charge is 0.255 e. The van der Waals surface area contributed by atoms with Crippen LogP contribution in [0.15, 0.2) is 0 Å². The summed E-state index contributed by atoms with van der Waals surface area (Å²) in [6, 6.07) is 0. The van der Waals surface area contributed by atoms with E-state index in [2.05, 4.69) is 4.90 Å². The van der Waals surface area contributed by atoms with Gasteiger partial charge in [0.1, 0.15) is 0 Å². The summed E-state index contributed by atoms with van der Waals surface area (Å²) in [6.07, 6.45) is 6.49. The first kappa shape index (κ1) is 15.3. The van der Waals surface area contributed by atoms with Crippen LogP contribution >= 0.6 is 0 Å². The van der Waals surface area contributed by atoms with Gasteiger partial charge in [-0.25, -0.2) is 0 Å². The van der Waals surface area contributed by atoms with Crippen LogP contribution in [0.1, 0.15) is 44.9 Å². The van der Waals surface area contributed by atoms with Crippen molar-refractivity contribution in [1.29, 1.82) is 0 Å². The van der Waals surface area contributed by atoms with Crippen LogP contribution < -0.4 is 0 Å². The van der Waals surface area contributed by atoms with Crippen molar-refractivity contribution in [3.63, 3.8) is 0 Å². The summed E-state index contributed by atoms with van der Waals surface area (Å²) in [7, 11) is 0. The molecule has 5 heteroatoms. The minimum atomic E-state index is -1.20. The van der Waals surface area contributed by atoms with Crippen LogP contribution in [0.2, 0.25) is 0 Å². The molecule has 0 aromatic rings. The predicted molar refractivity (Wildman–Crippen MR) is 79.8 cm³/mol. The van der Waals surface area contributed by atoms with Gasteiger partial charge in [0.2, 0.25) is 0 Å². The average molecular weight is 296 g/mol. The van der Waals surface area contributed by atoms with Crippen LogP contribution in [0.4, 0.5) is 0 Å². The minimum absolute atomic E-state index is 0.0632. The lowest BCUT2D eigenvalue weighted by Gasteiger charge is -2.43. The van der Waals surface area contributed by atoms with Gasteiger partial charge in [0.05, 0.1) is 6.10 Å². The van der Waals surface area contributed by atoms with E-state index in [-0.39, 0.29) is 12.0 Å². The van der Waals surface area contributed by atoms with E-state index in [0.29, 0.717) is 18.9 Å². The van der Waals surface area contributed by atoms with E-state index in [0.717, 1.165) is 45.4 Å². The molecular weight excluding hydrogens is 268 g/mol. The molecule has 0 aromatic carbocycles. The first-order valence-corrected chi connectivity index (χ1v) is 8.49. The second-order valence-corrected chi connectivity index (χ2v) is 7.19. The van der Waals surface area contributed by atoms with E-state index >= 15 is 0 Å². The molecule has 1 atom stereocenters. The van der Waals surface area contributed by atoms with Gasteiger partial charge in [0, 0.05) is 32.7 Å². The molecule has 0 radical (unpaired) electrons. The van der Waals surface area contributed by atoms with Crippen LogP contribution in [0, 0.1) is 5.92 Å². The third kappa shape index (κ3) is 3.41. The summed E-state index contributed by atoms with van der Waals surface area (Å²) in [6.45, 7) is 3.62. The van der Waals surface area contributed by atoms with Crippen molar-refractivity contribution in [2.75, 3.05) is 32.7 Å². The minimum Gasteiger partial charge on any atom is -0.393 e. The van der Waals surface area contributed by atoms with Crippen molar-refractivity contribution in [3.05, 3.63) is 0 Å². The summed E-state index contributed by atoms with van der Waals surface area (Å²) in [4.78, 5) is 16.7. The molecular formula is C16H28N2O3. The van der Waals surface area contributed by atoms with Crippen molar-refractivity contribution in [2.45, 2.75) is 56.7 Å². The number of hydrogen-bond acceptors (Lipinski definition) is 4. The monoisotopic (exact) mass is 296 g/mol. The third-order valence-electron chi connectivity index (χ3n) is 5.45. The van der Waals surface area contributed by atoms with Gasteiger partial charge in [-0.1, -0.05) is 6.42 Å². The number of amides is 1. The first-order chi connectivity index (χ1) is 10.1. The SMILES string of the molecule is O=C1N(CC2CCC2)CCCC1(O)CN1CCC(O)CC1. The van der Waals surface area contributed by atoms with Crippen LogP contribution in [0.3, 0.4) is 0 Å². The van der Waals surface area contributed by atoms with Crippen molar-refractivity contribution in [3.8, 4) is 0 Å². The van der Waals surface area contributed by atoms with E-state index in [1.54, 1.807) is 0 Å². The Hall–Kier alpha value is -0.650. The summed E-state index contributed by atoms with van der Waals surface area (Å²) < 4.78 is 0. The van der Waals surface area contributed by atoms with Crippen LogP contribution in [-0.4, -0.2) is 70.3 Å². The highest BCUT2D eigenvalue weighted by atomic mass is 16.3. The lowest BCUT2D eigenvalue weighted by molar-refractivity contribution is -0.161. The van der Waals surface area contributed by atoms with Crippen molar-refractivity contribution >= 4 is 5.91 Å². The lowest BCUT2D eigenvalue weighted by Crippen LogP contribution is -2.60. The number of carbonyl (C=O) groups excluding carboxylic acids is 1. The van der Waals surface area contributed by atoms with E-state index in [4.69, 9.17) is 0 Å². The average Bonchev–Trinajstić information content (AvgIpc) is 2.41. The Bertz CT molecular complexity index is 378. The van der Waals surface area contributed by atoms with Crippen molar-refractivity contribution < 1.29 is 15.0 Å². The molecule has 2 N–H and O–H groups in total. The van der Waals surface area contributed by atoms with Crippen LogP contribution in [0.5, 0.6) is 0 Å². The number of nitrogens with zero attached hydrogens (tertiary/aromatic N) is 2. The molecule has 1 saturated carbocycles. The zero-order chi connectivity index (χ0) is 14.9. The summed E-state index contributed by atoms with van der Waals surface area (Å²) >= 11 is 0. The molecule has 1 amide bonds. The van der Waals surface area contributed by atoms with E-state index in [1.165, 1.54) is 19.3 Å². The van der Waals surface area contributed by atoms with E-state index in [9.17, 15) is 15.0 Å². The fraction of sp³-hybridized carbons (Fsp3) is 0.938. The molecule has 2 saturated heterocycles. The van der Waals surface area contributed by atoms with Gasteiger partial charge in [-0.2, -0.15) is 0 Å². The van der Waals surface area contributed by atoms with Gasteiger partial charge in [-0.05, 0) is 44.4 Å². The molecule has 0 aromatic heterocycles. The number of hydrogen-bond donors (Lipinski definition) is 2. The number of likely N-dealkylation sites (tertiary alicyclic amines) is 2. The molecule has 21 heavy (non-hydrogen) atoms. The second-order valence-electron chi connectivity index (χ2n) is 7.19. The van der Waals surface area contributed by atoms with Crippen molar-refractivity contribution in [1.82, 2.24) is 9.80 Å². The normalized spacial score (nSPS) is 33.2. The molecule has 1 aliphatic carbocycles. The largest absolute Gasteiger partial charge is 0.393 e. The molecule has 3 aliphatic rings. The highest BCUT2D eigenvalue weighted by Gasteiger charge is 2.44. The number of piperidine rings is 2. The zero-order valence-corrected chi connectivity index (χ0v) is 12.8. The number of β-amino-alcohol motifs (C(OH)–C–C–N with tert-alkyl or cyclic N) is 1. The molecule has 1 unspecified atom stereocenters. The first-order valence-electron chi connectivity index (χ1n) is 8.49. The molecule has 120 valence electrons. The number of carbonyl (C=O) groups is 1. The maximum Gasteiger partial charge on any atom is 0.255 e. The number of aliphatic hydroxyl groups excluding tert-OH is 1. The molecule has 2 heterocycles. The van der Waals surface area contributed by atoms with Gasteiger partial charge in [0.15, 0.2) is 5.60 Å². The highest BCUT2D eigenvalue weighted by Crippen LogP contribution is 2.31. The van der Waals surface area contributed by atoms with Crippen molar-refractivity contribution in [2.24, 2.45) is 5.92 Å². The van der Waals surface area contributed by atoms with E-state index in [1.807, 2.05) is 4.90 Å². The molecule has 0 bridgehead atoms. The standard InChI is InChI=1S/C16H28N2O3/c19-14-5-9-17(10-6-14)12-16(21)7-2-8-18(15(16)20)11-13-3-1-4-13/h13-14,19,21H,1-12H2. The zero-order valence-electron chi connectivity index (χ0n) is 12.8. The quantitative estimate of drug-likeness (QED) is 0.797. The van der Waals surface area contributed by atoms with Gasteiger partial charge in [-0.15, -0.1) is 0 Å². The van der Waals surface area contributed by atoms with Gasteiger partial charge < -0.3 is 15.1 Å². The van der Waals surface area contributed by atoms with E-state index < -0.39 is 5.60 Å². The Kier molecular flexibility index (Phi) is 4.52. The van der Waals surface area contributed by atoms with Gasteiger partial charge >= 0.3 is 0 Å². The molecule has 3 fully saturated rings. The molecule has 2 aliphatic heterocycles. The summed E-state index contributed by atoms with van der Waals surface area (Å²) in [5.41, 5.74) is -1.20. The Morgan fingerprint density at radius 1 is 1.10 bits per heavy atom. The number of aliphatic hydroxyl groups is 2. The summed E-state index contributed by atoms with van der Waals surface area (Å²) in [5.74, 6) is 0.591. The molecule has 0 spiro atoms. The Balaban J connectivity index is 1.57. The topological polar surface area (TPSA) is 64.0 Å². The second kappa shape index (κ2) is 6.23. The van der Waals surface area contributed by atoms with Crippen LogP contribution in [-0.2, 0) is 4.79 Å². The fourth-order valence-corrected chi connectivity index (χ4v) is 3.82. The van der Waals surface area contributed by atoms with Crippen LogP contribution in [0.25, 0.3) is 0 Å². The molecule has 5 nitrogen and oxygen atoms in total. The predicted octanol–water partition coefficient (Wildman–Crippen LogP) is 0.597. The molecule has 3 rings (SSSR count). The third-order valence-corrected chi connectivity index (χ3v) is 5.45. The number of rotatable bonds is 4. The maximum atomic E-state index is 12.7. The summed E-state index contributed by atoms with van der Waals surface area (Å²) in [5, 5.41) is 20.4. The van der Waals surface area contributed by atoms with Gasteiger partial charge in [0.25, 0.3) is 5.91 Å². The fourth-order valence-electron chi connectivity index (χ4n) is 3.82. The Labute approximate surface area is 126 Å². The Morgan fingerprint density at radius 3 is 2.43 bits per heavy atom.